The Labute approximate surface area is 66.8 Å². The first-order valence-electron chi connectivity index (χ1n) is 3.37. The second-order valence-electron chi connectivity index (χ2n) is 2.04. The molecule has 0 aromatic carbocycles. The van der Waals surface area contributed by atoms with E-state index in [1.807, 2.05) is 6.92 Å². The van der Waals surface area contributed by atoms with Crippen molar-refractivity contribution >= 4 is 10.4 Å². The summed E-state index contributed by atoms with van der Waals surface area (Å²) in [4.78, 5) is 0. The third kappa shape index (κ3) is 9.45. The van der Waals surface area contributed by atoms with E-state index in [0.29, 0.717) is 0 Å². The number of unbranched alkanes of at least 4 members (excludes halogenated alkanes) is 2. The number of rotatable bonds is 5. The summed E-state index contributed by atoms with van der Waals surface area (Å²) in [6.07, 6.45) is 5.30. The molecule has 0 heterocycles. The van der Waals surface area contributed by atoms with Crippen LogP contribution in [0.15, 0.2) is 12.3 Å². The van der Waals surface area contributed by atoms with Gasteiger partial charge < -0.3 is 4.18 Å². The summed E-state index contributed by atoms with van der Waals surface area (Å²) in [6.45, 7) is 2.03. The molecule has 0 aromatic heterocycles. The van der Waals surface area contributed by atoms with Crippen molar-refractivity contribution in [2.75, 3.05) is 0 Å². The van der Waals surface area contributed by atoms with Crippen LogP contribution in [-0.4, -0.2) is 13.0 Å². The van der Waals surface area contributed by atoms with Gasteiger partial charge in [0.1, 0.15) is 6.26 Å². The van der Waals surface area contributed by atoms with Gasteiger partial charge in [-0.05, 0) is 18.9 Å². The van der Waals surface area contributed by atoms with E-state index in [4.69, 9.17) is 4.55 Å². The van der Waals surface area contributed by atoms with Crippen molar-refractivity contribution in [2.24, 2.45) is 0 Å². The van der Waals surface area contributed by atoms with Crippen molar-refractivity contribution in [1.29, 1.82) is 0 Å². The molecule has 0 aliphatic carbocycles. The Balaban J connectivity index is 3.46. The summed E-state index contributed by atoms with van der Waals surface area (Å²) in [5.41, 5.74) is 0. The van der Waals surface area contributed by atoms with Crippen LogP contribution in [0.1, 0.15) is 26.2 Å². The highest BCUT2D eigenvalue weighted by Crippen LogP contribution is 1.96. The molecular weight excluding hydrogens is 168 g/mol. The van der Waals surface area contributed by atoms with E-state index in [2.05, 4.69) is 4.18 Å². The molecule has 5 heteroatoms. The molecule has 0 bridgehead atoms. The van der Waals surface area contributed by atoms with Gasteiger partial charge in [0.25, 0.3) is 0 Å². The second kappa shape index (κ2) is 5.15. The standard InChI is InChI=1S/C6H12O4S/c1-2-3-4-5-6-10-11(7,8)9/h5-6H,2-4H2,1H3,(H,7,8,9)/b6-5+. The van der Waals surface area contributed by atoms with Gasteiger partial charge in [-0.3, -0.25) is 4.55 Å². The maximum atomic E-state index is 9.95. The van der Waals surface area contributed by atoms with Crippen LogP contribution in [0.4, 0.5) is 0 Å². The van der Waals surface area contributed by atoms with Crippen LogP contribution in [0.2, 0.25) is 0 Å². The van der Waals surface area contributed by atoms with Crippen LogP contribution in [0.5, 0.6) is 0 Å². The number of allylic oxidation sites excluding steroid dienone is 1. The average Bonchev–Trinajstić information content (AvgIpc) is 1.85. The fraction of sp³-hybridized carbons (Fsp3) is 0.667. The minimum atomic E-state index is -4.30. The Kier molecular flexibility index (Phi) is 4.89. The summed E-state index contributed by atoms with van der Waals surface area (Å²) in [7, 11) is -4.30. The molecular formula is C6H12O4S. The Bertz CT molecular complexity index is 205. The first kappa shape index (κ1) is 10.4. The lowest BCUT2D eigenvalue weighted by Gasteiger charge is -1.91. The zero-order valence-corrected chi connectivity index (χ0v) is 7.17. The molecule has 0 fully saturated rings. The van der Waals surface area contributed by atoms with Crippen molar-refractivity contribution in [2.45, 2.75) is 26.2 Å². The Hall–Kier alpha value is -0.550. The first-order chi connectivity index (χ1) is 5.06. The molecule has 0 rings (SSSR count). The van der Waals surface area contributed by atoms with Crippen molar-refractivity contribution < 1.29 is 17.2 Å². The molecule has 0 amide bonds. The SMILES string of the molecule is CCCC/C=C/OS(=O)(=O)O. The van der Waals surface area contributed by atoms with Crippen molar-refractivity contribution in [3.63, 3.8) is 0 Å². The summed E-state index contributed by atoms with van der Waals surface area (Å²) >= 11 is 0. The van der Waals surface area contributed by atoms with Gasteiger partial charge in [0.2, 0.25) is 0 Å². The van der Waals surface area contributed by atoms with Gasteiger partial charge in [-0.1, -0.05) is 13.3 Å². The van der Waals surface area contributed by atoms with Gasteiger partial charge >= 0.3 is 10.4 Å². The largest absolute Gasteiger partial charge is 0.445 e. The van der Waals surface area contributed by atoms with Crippen LogP contribution >= 0.6 is 0 Å². The van der Waals surface area contributed by atoms with Crippen LogP contribution in [0, 0.1) is 0 Å². The predicted molar refractivity (Wildman–Crippen MR) is 41.3 cm³/mol. The van der Waals surface area contributed by atoms with Gasteiger partial charge in [-0.2, -0.15) is 8.42 Å². The summed E-state index contributed by atoms with van der Waals surface area (Å²) in [6, 6.07) is 0. The molecule has 0 radical (unpaired) electrons. The van der Waals surface area contributed by atoms with Crippen molar-refractivity contribution in [1.82, 2.24) is 0 Å². The molecule has 0 spiro atoms. The van der Waals surface area contributed by atoms with E-state index in [1.165, 1.54) is 0 Å². The van der Waals surface area contributed by atoms with Crippen LogP contribution in [-0.2, 0) is 14.6 Å². The molecule has 0 aliphatic heterocycles. The highest BCUT2D eigenvalue weighted by atomic mass is 32.3. The van der Waals surface area contributed by atoms with Gasteiger partial charge in [0.15, 0.2) is 0 Å². The van der Waals surface area contributed by atoms with E-state index < -0.39 is 10.4 Å². The van der Waals surface area contributed by atoms with Crippen molar-refractivity contribution in [3.8, 4) is 0 Å². The lowest BCUT2D eigenvalue weighted by molar-refractivity contribution is 0.355. The van der Waals surface area contributed by atoms with Gasteiger partial charge in [0.05, 0.1) is 0 Å². The lowest BCUT2D eigenvalue weighted by atomic mass is 10.2. The average molecular weight is 180 g/mol. The van der Waals surface area contributed by atoms with E-state index in [1.54, 1.807) is 6.08 Å². The molecule has 0 aromatic rings. The fourth-order valence-electron chi connectivity index (χ4n) is 0.500. The zero-order valence-electron chi connectivity index (χ0n) is 6.36. The minimum Gasteiger partial charge on any atom is -0.370 e. The predicted octanol–water partition coefficient (Wildman–Crippen LogP) is 1.51. The summed E-state index contributed by atoms with van der Waals surface area (Å²) in [5.74, 6) is 0. The Morgan fingerprint density at radius 2 is 2.18 bits per heavy atom. The van der Waals surface area contributed by atoms with Crippen LogP contribution in [0.3, 0.4) is 0 Å². The number of hydrogen-bond acceptors (Lipinski definition) is 3. The molecule has 0 atom stereocenters. The van der Waals surface area contributed by atoms with E-state index >= 15 is 0 Å². The monoisotopic (exact) mass is 180 g/mol. The lowest BCUT2D eigenvalue weighted by Crippen LogP contribution is -1.96. The summed E-state index contributed by atoms with van der Waals surface area (Å²) in [5, 5.41) is 0. The molecule has 0 aliphatic rings. The molecule has 66 valence electrons. The highest BCUT2D eigenvalue weighted by Gasteiger charge is 1.97. The quantitative estimate of drug-likeness (QED) is 0.395. The smallest absolute Gasteiger partial charge is 0.370 e. The number of hydrogen-bond donors (Lipinski definition) is 1. The highest BCUT2D eigenvalue weighted by molar-refractivity contribution is 7.81. The van der Waals surface area contributed by atoms with Gasteiger partial charge in [-0.15, -0.1) is 0 Å². The minimum absolute atomic E-state index is 0.756. The van der Waals surface area contributed by atoms with Gasteiger partial charge in [0, 0.05) is 0 Å². The van der Waals surface area contributed by atoms with Crippen LogP contribution in [0.25, 0.3) is 0 Å². The Morgan fingerprint density at radius 1 is 1.55 bits per heavy atom. The normalized spacial score (nSPS) is 12.2. The zero-order chi connectivity index (χ0) is 8.74. The molecule has 4 nitrogen and oxygen atoms in total. The maximum Gasteiger partial charge on any atom is 0.445 e. The van der Waals surface area contributed by atoms with E-state index in [-0.39, 0.29) is 0 Å². The molecule has 0 unspecified atom stereocenters. The third-order valence-electron chi connectivity index (χ3n) is 0.998. The molecule has 0 saturated heterocycles. The first-order valence-corrected chi connectivity index (χ1v) is 4.73. The third-order valence-corrected chi connectivity index (χ3v) is 1.35. The Morgan fingerprint density at radius 3 is 2.64 bits per heavy atom. The molecule has 0 saturated carbocycles. The summed E-state index contributed by atoms with van der Waals surface area (Å²) < 4.78 is 31.9. The second-order valence-corrected chi connectivity index (χ2v) is 3.09. The maximum absolute atomic E-state index is 9.95. The topological polar surface area (TPSA) is 63.6 Å². The van der Waals surface area contributed by atoms with Crippen molar-refractivity contribution in [3.05, 3.63) is 12.3 Å². The molecule has 11 heavy (non-hydrogen) atoms. The fourth-order valence-corrected chi connectivity index (χ4v) is 0.718. The van der Waals surface area contributed by atoms with E-state index in [0.717, 1.165) is 25.5 Å². The van der Waals surface area contributed by atoms with E-state index in [9.17, 15) is 8.42 Å². The van der Waals surface area contributed by atoms with Crippen LogP contribution < -0.4 is 0 Å². The molecule has 1 N–H and O–H groups in total. The van der Waals surface area contributed by atoms with Gasteiger partial charge in [-0.25, -0.2) is 0 Å².